The molecule has 2 rings (SSSR count). The molecule has 1 aromatic carbocycles. The number of aromatic nitrogens is 1. The highest BCUT2D eigenvalue weighted by molar-refractivity contribution is 5.83. The average Bonchev–Trinajstić information content (AvgIpc) is 2.71. The number of fused-ring (bicyclic) bond motifs is 1. The monoisotopic (exact) mass is 228 g/mol. The van der Waals surface area contributed by atoms with Crippen LogP contribution in [0.15, 0.2) is 37.1 Å². The van der Waals surface area contributed by atoms with Crippen molar-refractivity contribution in [1.82, 2.24) is 4.98 Å². The molecular weight excluding hydrogens is 208 g/mol. The van der Waals surface area contributed by atoms with Crippen molar-refractivity contribution < 1.29 is 0 Å². The van der Waals surface area contributed by atoms with Crippen molar-refractivity contribution in [3.8, 4) is 0 Å². The average molecular weight is 228 g/mol. The Morgan fingerprint density at radius 2 is 2.29 bits per heavy atom. The van der Waals surface area contributed by atoms with Crippen LogP contribution in [0.4, 0.5) is 0 Å². The number of rotatable bonds is 5. The van der Waals surface area contributed by atoms with E-state index in [0.29, 0.717) is 12.5 Å². The fourth-order valence-corrected chi connectivity index (χ4v) is 2.27. The van der Waals surface area contributed by atoms with E-state index in [0.717, 1.165) is 12.8 Å². The lowest BCUT2D eigenvalue weighted by Crippen LogP contribution is -2.15. The molecule has 17 heavy (non-hydrogen) atoms. The summed E-state index contributed by atoms with van der Waals surface area (Å²) in [5.74, 6) is 0.493. The Morgan fingerprint density at radius 1 is 1.47 bits per heavy atom. The van der Waals surface area contributed by atoms with E-state index < -0.39 is 0 Å². The minimum Gasteiger partial charge on any atom is -0.361 e. The predicted molar refractivity (Wildman–Crippen MR) is 74.1 cm³/mol. The smallest absolute Gasteiger partial charge is 0.0456 e. The zero-order valence-corrected chi connectivity index (χ0v) is 10.4. The highest BCUT2D eigenvalue weighted by Gasteiger charge is 2.10. The number of aromatic amines is 1. The van der Waals surface area contributed by atoms with Gasteiger partial charge in [-0.25, -0.2) is 0 Å². The Labute approximate surface area is 103 Å². The highest BCUT2D eigenvalue weighted by Crippen LogP contribution is 2.23. The summed E-state index contributed by atoms with van der Waals surface area (Å²) in [5.41, 5.74) is 9.66. The number of H-pyrrole nitrogens is 1. The van der Waals surface area contributed by atoms with Crippen molar-refractivity contribution in [2.45, 2.75) is 19.8 Å². The second-order valence-corrected chi connectivity index (χ2v) is 4.69. The van der Waals surface area contributed by atoms with E-state index >= 15 is 0 Å². The molecule has 1 heterocycles. The van der Waals surface area contributed by atoms with Gasteiger partial charge in [-0.15, -0.1) is 6.58 Å². The minimum absolute atomic E-state index is 0.493. The van der Waals surface area contributed by atoms with Gasteiger partial charge in [0.05, 0.1) is 0 Å². The Hall–Kier alpha value is -1.54. The molecule has 0 aliphatic heterocycles. The summed E-state index contributed by atoms with van der Waals surface area (Å²) in [6, 6.07) is 6.51. The van der Waals surface area contributed by atoms with Crippen molar-refractivity contribution in [2.75, 3.05) is 6.54 Å². The summed E-state index contributed by atoms with van der Waals surface area (Å²) < 4.78 is 0. The SMILES string of the molecule is C=CCC(CN)Cc1c[nH]c2ccc(C)cc12. The molecule has 0 aliphatic carbocycles. The van der Waals surface area contributed by atoms with Gasteiger partial charge in [-0.1, -0.05) is 17.7 Å². The lowest BCUT2D eigenvalue weighted by atomic mass is 9.95. The Balaban J connectivity index is 2.28. The van der Waals surface area contributed by atoms with Crippen molar-refractivity contribution in [1.29, 1.82) is 0 Å². The normalized spacial score (nSPS) is 12.8. The van der Waals surface area contributed by atoms with Gasteiger partial charge in [0, 0.05) is 17.1 Å². The Kier molecular flexibility index (Phi) is 3.64. The molecule has 1 atom stereocenters. The van der Waals surface area contributed by atoms with E-state index in [1.54, 1.807) is 0 Å². The van der Waals surface area contributed by atoms with Crippen LogP contribution < -0.4 is 5.73 Å². The molecule has 2 aromatic rings. The number of nitrogens with two attached hydrogens (primary N) is 1. The summed E-state index contributed by atoms with van der Waals surface area (Å²) in [7, 11) is 0. The van der Waals surface area contributed by atoms with Gasteiger partial charge in [0.25, 0.3) is 0 Å². The molecule has 90 valence electrons. The quantitative estimate of drug-likeness (QED) is 0.758. The molecular formula is C15H20N2. The molecule has 0 amide bonds. The van der Waals surface area contributed by atoms with E-state index in [1.807, 2.05) is 6.08 Å². The van der Waals surface area contributed by atoms with Crippen LogP contribution in [-0.4, -0.2) is 11.5 Å². The molecule has 1 unspecified atom stereocenters. The van der Waals surface area contributed by atoms with Crippen LogP contribution in [-0.2, 0) is 6.42 Å². The summed E-state index contributed by atoms with van der Waals surface area (Å²) >= 11 is 0. The van der Waals surface area contributed by atoms with Gasteiger partial charge in [0.2, 0.25) is 0 Å². The third-order valence-corrected chi connectivity index (χ3v) is 3.26. The molecule has 0 radical (unpaired) electrons. The van der Waals surface area contributed by atoms with E-state index in [2.05, 4.69) is 42.9 Å². The van der Waals surface area contributed by atoms with Gasteiger partial charge in [-0.2, -0.15) is 0 Å². The second-order valence-electron chi connectivity index (χ2n) is 4.69. The first-order valence-electron chi connectivity index (χ1n) is 6.12. The zero-order chi connectivity index (χ0) is 12.3. The van der Waals surface area contributed by atoms with E-state index in [9.17, 15) is 0 Å². The van der Waals surface area contributed by atoms with Crippen LogP contribution in [0.2, 0.25) is 0 Å². The van der Waals surface area contributed by atoms with Gasteiger partial charge in [0.1, 0.15) is 0 Å². The fourth-order valence-electron chi connectivity index (χ4n) is 2.27. The first kappa shape index (κ1) is 11.9. The van der Waals surface area contributed by atoms with Gasteiger partial charge in [-0.3, -0.25) is 0 Å². The molecule has 0 saturated heterocycles. The summed E-state index contributed by atoms with van der Waals surface area (Å²) in [4.78, 5) is 3.32. The predicted octanol–water partition coefficient (Wildman–Crippen LogP) is 3.17. The zero-order valence-electron chi connectivity index (χ0n) is 10.4. The van der Waals surface area contributed by atoms with Crippen molar-refractivity contribution >= 4 is 10.9 Å². The third kappa shape index (κ3) is 2.59. The number of hydrogen-bond acceptors (Lipinski definition) is 1. The van der Waals surface area contributed by atoms with Gasteiger partial charge < -0.3 is 10.7 Å². The van der Waals surface area contributed by atoms with Gasteiger partial charge in [0.15, 0.2) is 0 Å². The van der Waals surface area contributed by atoms with Gasteiger partial charge in [-0.05, 0) is 49.9 Å². The molecule has 0 saturated carbocycles. The standard InChI is InChI=1S/C15H20N2/c1-3-4-12(9-16)8-13-10-17-15-6-5-11(2)7-14(13)15/h3,5-7,10,12,17H,1,4,8-9,16H2,2H3. The maximum atomic E-state index is 5.79. The summed E-state index contributed by atoms with van der Waals surface area (Å²) in [6.07, 6.45) is 6.06. The molecule has 0 bridgehead atoms. The Bertz CT molecular complexity index is 511. The molecule has 2 nitrogen and oxygen atoms in total. The highest BCUT2D eigenvalue weighted by atomic mass is 14.7. The molecule has 0 spiro atoms. The van der Waals surface area contributed by atoms with Crippen molar-refractivity contribution in [3.63, 3.8) is 0 Å². The van der Waals surface area contributed by atoms with Crippen LogP contribution in [0.1, 0.15) is 17.5 Å². The lowest BCUT2D eigenvalue weighted by molar-refractivity contribution is 0.546. The summed E-state index contributed by atoms with van der Waals surface area (Å²) in [5, 5.41) is 1.33. The first-order valence-corrected chi connectivity index (χ1v) is 6.12. The maximum absolute atomic E-state index is 5.79. The molecule has 1 aromatic heterocycles. The van der Waals surface area contributed by atoms with Crippen LogP contribution in [0.25, 0.3) is 10.9 Å². The maximum Gasteiger partial charge on any atom is 0.0456 e. The number of aryl methyl sites for hydroxylation is 1. The van der Waals surface area contributed by atoms with Crippen LogP contribution >= 0.6 is 0 Å². The second kappa shape index (κ2) is 5.19. The van der Waals surface area contributed by atoms with E-state index in [1.165, 1.54) is 22.0 Å². The Morgan fingerprint density at radius 3 is 3.00 bits per heavy atom. The number of nitrogens with one attached hydrogen (secondary N) is 1. The number of hydrogen-bond donors (Lipinski definition) is 2. The third-order valence-electron chi connectivity index (χ3n) is 3.26. The fraction of sp³-hybridized carbons (Fsp3) is 0.333. The van der Waals surface area contributed by atoms with Crippen LogP contribution in [0.3, 0.4) is 0 Å². The number of benzene rings is 1. The minimum atomic E-state index is 0.493. The largest absolute Gasteiger partial charge is 0.361 e. The molecule has 3 N–H and O–H groups in total. The first-order chi connectivity index (χ1) is 8.24. The molecule has 2 heteroatoms. The molecule has 0 fully saturated rings. The molecule has 0 aliphatic rings. The van der Waals surface area contributed by atoms with E-state index in [4.69, 9.17) is 5.73 Å². The number of allylic oxidation sites excluding steroid dienone is 1. The van der Waals surface area contributed by atoms with Crippen LogP contribution in [0, 0.1) is 12.8 Å². The topological polar surface area (TPSA) is 41.8 Å². The van der Waals surface area contributed by atoms with Crippen molar-refractivity contribution in [3.05, 3.63) is 48.2 Å². The summed E-state index contributed by atoms with van der Waals surface area (Å²) in [6.45, 7) is 6.63. The van der Waals surface area contributed by atoms with Gasteiger partial charge >= 0.3 is 0 Å². The lowest BCUT2D eigenvalue weighted by Gasteiger charge is -2.11. The van der Waals surface area contributed by atoms with Crippen molar-refractivity contribution in [2.24, 2.45) is 11.7 Å². The van der Waals surface area contributed by atoms with E-state index in [-0.39, 0.29) is 0 Å². The van der Waals surface area contributed by atoms with Crippen LogP contribution in [0.5, 0.6) is 0 Å².